The van der Waals surface area contributed by atoms with Crippen molar-refractivity contribution in [3.63, 3.8) is 0 Å². The van der Waals surface area contributed by atoms with Crippen LogP contribution in [0, 0.1) is 0 Å². The largest absolute Gasteiger partial charge is 0.497 e. The molecule has 8 rings (SSSR count). The molecular weight excluding hydrogens is 584 g/mol. The maximum absolute atomic E-state index is 13.3. The quantitative estimate of drug-likeness (QED) is 0.194. The lowest BCUT2D eigenvalue weighted by atomic mass is 9.76. The SMILES string of the molecule is COc1ccc(C2=C(c3ccc(OC)cc3)c3c4c(c5cc(OC)ccc5c3OC2)-c2ccccc2C4(O)Cc2ccccc2)cc1. The van der Waals surface area contributed by atoms with Gasteiger partial charge in [0.2, 0.25) is 0 Å². The Balaban J connectivity index is 1.53. The van der Waals surface area contributed by atoms with Crippen molar-refractivity contribution < 1.29 is 24.1 Å². The highest BCUT2D eigenvalue weighted by Crippen LogP contribution is 2.59. The zero-order valence-corrected chi connectivity index (χ0v) is 26.5. The molecule has 6 aromatic carbocycles. The fraction of sp³-hybridized carbons (Fsp3) is 0.143. The van der Waals surface area contributed by atoms with Crippen LogP contribution in [0.25, 0.3) is 33.0 Å². The van der Waals surface area contributed by atoms with E-state index >= 15 is 0 Å². The molecule has 1 unspecified atom stereocenters. The lowest BCUT2D eigenvalue weighted by Crippen LogP contribution is -2.30. The molecule has 0 bridgehead atoms. The van der Waals surface area contributed by atoms with Gasteiger partial charge in [-0.2, -0.15) is 0 Å². The topological polar surface area (TPSA) is 57.2 Å². The Morgan fingerprint density at radius 3 is 1.94 bits per heavy atom. The van der Waals surface area contributed by atoms with Crippen LogP contribution < -0.4 is 18.9 Å². The molecule has 1 heterocycles. The summed E-state index contributed by atoms with van der Waals surface area (Å²) in [6.45, 7) is 0.352. The summed E-state index contributed by atoms with van der Waals surface area (Å²) in [5.74, 6) is 3.06. The van der Waals surface area contributed by atoms with E-state index in [0.717, 1.165) is 89.4 Å². The van der Waals surface area contributed by atoms with Crippen LogP contribution in [0.5, 0.6) is 23.0 Å². The first-order valence-corrected chi connectivity index (χ1v) is 15.7. The van der Waals surface area contributed by atoms with Crippen LogP contribution in [0.15, 0.2) is 121 Å². The van der Waals surface area contributed by atoms with Crippen molar-refractivity contribution in [1.82, 2.24) is 0 Å². The summed E-state index contributed by atoms with van der Waals surface area (Å²) < 4.78 is 23.6. The fourth-order valence-electron chi connectivity index (χ4n) is 7.38. The number of ether oxygens (including phenoxy) is 4. The number of rotatable bonds is 7. The predicted molar refractivity (Wildman–Crippen MR) is 186 cm³/mol. The molecule has 1 N–H and O–H groups in total. The van der Waals surface area contributed by atoms with Gasteiger partial charge in [-0.3, -0.25) is 0 Å². The average Bonchev–Trinajstić information content (AvgIpc) is 3.39. The van der Waals surface area contributed by atoms with Gasteiger partial charge in [0.05, 0.1) is 21.3 Å². The Morgan fingerprint density at radius 1 is 0.638 bits per heavy atom. The van der Waals surface area contributed by atoms with Gasteiger partial charge in [0.1, 0.15) is 35.2 Å². The lowest BCUT2D eigenvalue weighted by Gasteiger charge is -2.34. The van der Waals surface area contributed by atoms with Gasteiger partial charge in [-0.25, -0.2) is 0 Å². The molecule has 1 aliphatic carbocycles. The molecule has 0 fully saturated rings. The molecule has 1 aliphatic heterocycles. The summed E-state index contributed by atoms with van der Waals surface area (Å²) >= 11 is 0. The minimum atomic E-state index is -1.35. The third kappa shape index (κ3) is 4.57. The van der Waals surface area contributed by atoms with Gasteiger partial charge in [-0.1, -0.05) is 78.9 Å². The maximum Gasteiger partial charge on any atom is 0.135 e. The Kier molecular flexibility index (Phi) is 7.00. The summed E-state index contributed by atoms with van der Waals surface area (Å²) in [6.07, 6.45) is 0.396. The fourth-order valence-corrected chi connectivity index (χ4v) is 7.38. The first-order chi connectivity index (χ1) is 23.0. The van der Waals surface area contributed by atoms with Gasteiger partial charge in [0, 0.05) is 34.1 Å². The lowest BCUT2D eigenvalue weighted by molar-refractivity contribution is 0.0855. The Labute approximate surface area is 274 Å². The Hall–Kier alpha value is -5.52. The molecule has 2 aliphatic rings. The third-order valence-corrected chi connectivity index (χ3v) is 9.56. The van der Waals surface area contributed by atoms with Crippen molar-refractivity contribution >= 4 is 21.9 Å². The number of aliphatic hydroxyl groups is 1. The molecule has 0 amide bonds. The van der Waals surface area contributed by atoms with Crippen molar-refractivity contribution in [2.75, 3.05) is 27.9 Å². The zero-order chi connectivity index (χ0) is 32.1. The number of fused-ring (bicyclic) bond motifs is 8. The maximum atomic E-state index is 13.3. The number of hydrogen-bond donors (Lipinski definition) is 1. The van der Waals surface area contributed by atoms with Crippen LogP contribution in [0.4, 0.5) is 0 Å². The molecule has 47 heavy (non-hydrogen) atoms. The van der Waals surface area contributed by atoms with Crippen molar-refractivity contribution in [2.24, 2.45) is 0 Å². The molecular formula is C42H34O5. The second kappa shape index (κ2) is 11.4. The molecule has 0 radical (unpaired) electrons. The highest BCUT2D eigenvalue weighted by Gasteiger charge is 2.47. The van der Waals surface area contributed by atoms with Gasteiger partial charge in [-0.05, 0) is 81.2 Å². The van der Waals surface area contributed by atoms with E-state index in [-0.39, 0.29) is 0 Å². The van der Waals surface area contributed by atoms with E-state index in [1.54, 1.807) is 21.3 Å². The van der Waals surface area contributed by atoms with Crippen molar-refractivity contribution in [3.8, 4) is 34.1 Å². The van der Waals surface area contributed by atoms with Gasteiger partial charge in [-0.15, -0.1) is 0 Å². The summed E-state index contributed by atoms with van der Waals surface area (Å²) in [5.41, 5.74) is 8.39. The highest BCUT2D eigenvalue weighted by atomic mass is 16.5. The molecule has 6 aromatic rings. The molecule has 0 saturated heterocycles. The normalized spacial score (nSPS) is 16.3. The van der Waals surface area contributed by atoms with Crippen LogP contribution in [-0.2, 0) is 12.0 Å². The number of benzene rings is 6. The predicted octanol–water partition coefficient (Wildman–Crippen LogP) is 8.68. The van der Waals surface area contributed by atoms with Crippen LogP contribution in [0.2, 0.25) is 0 Å². The summed E-state index contributed by atoms with van der Waals surface area (Å²) in [7, 11) is 5.03. The smallest absolute Gasteiger partial charge is 0.135 e. The summed E-state index contributed by atoms with van der Waals surface area (Å²) in [6, 6.07) is 40.8. The summed E-state index contributed by atoms with van der Waals surface area (Å²) in [5, 5.41) is 15.3. The zero-order valence-electron chi connectivity index (χ0n) is 26.5. The van der Waals surface area contributed by atoms with Crippen molar-refractivity contribution in [2.45, 2.75) is 12.0 Å². The van der Waals surface area contributed by atoms with E-state index in [1.165, 1.54) is 0 Å². The van der Waals surface area contributed by atoms with Crippen LogP contribution in [0.1, 0.15) is 33.4 Å². The molecule has 5 nitrogen and oxygen atoms in total. The van der Waals surface area contributed by atoms with E-state index in [1.807, 2.05) is 60.7 Å². The first-order valence-electron chi connectivity index (χ1n) is 15.7. The van der Waals surface area contributed by atoms with E-state index < -0.39 is 5.60 Å². The minimum Gasteiger partial charge on any atom is -0.497 e. The summed E-state index contributed by atoms with van der Waals surface area (Å²) in [4.78, 5) is 0. The van der Waals surface area contributed by atoms with E-state index in [2.05, 4.69) is 60.7 Å². The van der Waals surface area contributed by atoms with Gasteiger partial charge in [0.15, 0.2) is 0 Å². The second-order valence-electron chi connectivity index (χ2n) is 12.0. The molecule has 232 valence electrons. The van der Waals surface area contributed by atoms with Gasteiger partial charge < -0.3 is 24.1 Å². The monoisotopic (exact) mass is 618 g/mol. The van der Waals surface area contributed by atoms with E-state index in [4.69, 9.17) is 18.9 Å². The highest BCUT2D eigenvalue weighted by molar-refractivity contribution is 6.14. The van der Waals surface area contributed by atoms with Crippen LogP contribution >= 0.6 is 0 Å². The standard InChI is InChI=1S/C42H34O5/c1-44-29-17-13-27(14-18-29)35-25-47-41-32-22-21-31(46-3)23-34(32)38-33-11-7-8-12-36(33)42(43,24-26-9-5-4-6-10-26)40(38)39(41)37(35)28-15-19-30(45-2)20-16-28/h4-23,43H,24-25H2,1-3H3. The second-order valence-corrected chi connectivity index (χ2v) is 12.0. The molecule has 5 heteroatoms. The number of methoxy groups -OCH3 is 3. The van der Waals surface area contributed by atoms with E-state index in [9.17, 15) is 5.11 Å². The minimum absolute atomic E-state index is 0.352. The molecule has 0 aromatic heterocycles. The Morgan fingerprint density at radius 2 is 1.26 bits per heavy atom. The van der Waals surface area contributed by atoms with Crippen LogP contribution in [-0.4, -0.2) is 33.0 Å². The Bertz CT molecular complexity index is 2170. The van der Waals surface area contributed by atoms with Gasteiger partial charge >= 0.3 is 0 Å². The first kappa shape index (κ1) is 28.9. The van der Waals surface area contributed by atoms with Crippen LogP contribution in [0.3, 0.4) is 0 Å². The molecule has 0 saturated carbocycles. The number of hydrogen-bond acceptors (Lipinski definition) is 5. The molecule has 1 atom stereocenters. The van der Waals surface area contributed by atoms with Crippen molar-refractivity contribution in [3.05, 3.63) is 155 Å². The average molecular weight is 619 g/mol. The van der Waals surface area contributed by atoms with Gasteiger partial charge in [0.25, 0.3) is 0 Å². The van der Waals surface area contributed by atoms with E-state index in [0.29, 0.717) is 13.0 Å². The third-order valence-electron chi connectivity index (χ3n) is 9.56. The van der Waals surface area contributed by atoms with Crippen molar-refractivity contribution in [1.29, 1.82) is 0 Å². The molecule has 0 spiro atoms.